The molecule has 1 unspecified atom stereocenters. The van der Waals surface area contributed by atoms with Crippen molar-refractivity contribution in [3.05, 3.63) is 71.4 Å². The zero-order chi connectivity index (χ0) is 20.5. The molecule has 0 aliphatic carbocycles. The van der Waals surface area contributed by atoms with Crippen molar-refractivity contribution >= 4 is 16.8 Å². The van der Waals surface area contributed by atoms with Crippen LogP contribution in [-0.2, 0) is 11.0 Å². The number of fused-ring (bicyclic) bond motifs is 1. The Kier molecular flexibility index (Phi) is 5.27. The van der Waals surface area contributed by atoms with E-state index >= 15 is 0 Å². The molecule has 0 aliphatic rings. The van der Waals surface area contributed by atoms with Crippen LogP contribution in [0.2, 0.25) is 0 Å². The summed E-state index contributed by atoms with van der Waals surface area (Å²) in [7, 11) is 0. The van der Waals surface area contributed by atoms with E-state index in [2.05, 4.69) is 10.3 Å². The standard InChI is InChI=1S/C21H19F3N2O2/c1-12(2)20(28)26-17(14-5-8-15(9-6-14)21(22,23)24)16-10-7-13-4-3-11-25-18(13)19(16)27/h3-12,17,27H,1-2H3,(H,26,28). The molecule has 2 aromatic carbocycles. The molecule has 4 nitrogen and oxygen atoms in total. The molecule has 2 N–H and O–H groups in total. The molecule has 1 heterocycles. The van der Waals surface area contributed by atoms with Gasteiger partial charge in [0.1, 0.15) is 11.3 Å². The van der Waals surface area contributed by atoms with Crippen molar-refractivity contribution < 1.29 is 23.1 Å². The van der Waals surface area contributed by atoms with E-state index in [-0.39, 0.29) is 17.6 Å². The van der Waals surface area contributed by atoms with Gasteiger partial charge < -0.3 is 10.4 Å². The summed E-state index contributed by atoms with van der Waals surface area (Å²) in [6.45, 7) is 3.42. The summed E-state index contributed by atoms with van der Waals surface area (Å²) < 4.78 is 38.6. The Morgan fingerprint density at radius 1 is 1.07 bits per heavy atom. The van der Waals surface area contributed by atoms with Crippen LogP contribution in [0, 0.1) is 5.92 Å². The molecular weight excluding hydrogens is 369 g/mol. The first-order valence-electron chi connectivity index (χ1n) is 8.72. The zero-order valence-electron chi connectivity index (χ0n) is 15.3. The fraction of sp³-hybridized carbons (Fsp3) is 0.238. The van der Waals surface area contributed by atoms with Crippen molar-refractivity contribution in [2.45, 2.75) is 26.1 Å². The van der Waals surface area contributed by atoms with E-state index in [0.717, 1.165) is 12.1 Å². The van der Waals surface area contributed by atoms with E-state index in [0.29, 0.717) is 22.0 Å². The van der Waals surface area contributed by atoms with Gasteiger partial charge in [-0.25, -0.2) is 0 Å². The highest BCUT2D eigenvalue weighted by molar-refractivity contribution is 5.86. The highest BCUT2D eigenvalue weighted by Gasteiger charge is 2.31. The quantitative estimate of drug-likeness (QED) is 0.674. The predicted molar refractivity (Wildman–Crippen MR) is 99.7 cm³/mol. The van der Waals surface area contributed by atoms with Crippen LogP contribution in [0.3, 0.4) is 0 Å². The summed E-state index contributed by atoms with van der Waals surface area (Å²) >= 11 is 0. The minimum atomic E-state index is -4.45. The van der Waals surface area contributed by atoms with E-state index < -0.39 is 17.8 Å². The lowest BCUT2D eigenvalue weighted by atomic mass is 9.95. The predicted octanol–water partition coefficient (Wildman–Crippen LogP) is 4.82. The minimum Gasteiger partial charge on any atom is -0.505 e. The van der Waals surface area contributed by atoms with Gasteiger partial charge in [0, 0.05) is 23.1 Å². The first-order valence-corrected chi connectivity index (χ1v) is 8.72. The van der Waals surface area contributed by atoms with Gasteiger partial charge in [-0.15, -0.1) is 0 Å². The lowest BCUT2D eigenvalue weighted by Gasteiger charge is -2.23. The largest absolute Gasteiger partial charge is 0.505 e. The van der Waals surface area contributed by atoms with Crippen LogP contribution in [-0.4, -0.2) is 16.0 Å². The van der Waals surface area contributed by atoms with E-state index in [4.69, 9.17) is 0 Å². The smallest absolute Gasteiger partial charge is 0.416 e. The first kappa shape index (κ1) is 19.7. The number of hydrogen-bond donors (Lipinski definition) is 2. The van der Waals surface area contributed by atoms with Gasteiger partial charge in [-0.3, -0.25) is 9.78 Å². The van der Waals surface area contributed by atoms with Crippen LogP contribution >= 0.6 is 0 Å². The summed E-state index contributed by atoms with van der Waals surface area (Å²) in [5.74, 6) is -0.741. The van der Waals surface area contributed by atoms with Gasteiger partial charge in [0.05, 0.1) is 11.6 Å². The SMILES string of the molecule is CC(C)C(=O)NC(c1ccc(C(F)(F)F)cc1)c1ccc2cccnc2c1O. The Labute approximate surface area is 160 Å². The van der Waals surface area contributed by atoms with E-state index in [9.17, 15) is 23.1 Å². The third-order valence-corrected chi connectivity index (χ3v) is 4.47. The number of carbonyl (C=O) groups is 1. The normalized spacial score (nSPS) is 12.9. The average Bonchev–Trinajstić information content (AvgIpc) is 2.66. The van der Waals surface area contributed by atoms with Crippen LogP contribution in [0.15, 0.2) is 54.7 Å². The van der Waals surface area contributed by atoms with Crippen LogP contribution in [0.4, 0.5) is 13.2 Å². The van der Waals surface area contributed by atoms with Gasteiger partial charge in [0.15, 0.2) is 0 Å². The van der Waals surface area contributed by atoms with E-state index in [1.165, 1.54) is 18.3 Å². The maximum atomic E-state index is 12.9. The number of halogens is 3. The second-order valence-electron chi connectivity index (χ2n) is 6.79. The maximum Gasteiger partial charge on any atom is 0.416 e. The van der Waals surface area contributed by atoms with Gasteiger partial charge in [-0.1, -0.05) is 44.2 Å². The second kappa shape index (κ2) is 7.50. The number of hydrogen-bond acceptors (Lipinski definition) is 3. The van der Waals surface area contributed by atoms with E-state index in [1.54, 1.807) is 38.1 Å². The number of aromatic nitrogens is 1. The zero-order valence-corrected chi connectivity index (χ0v) is 15.3. The molecule has 7 heteroatoms. The third kappa shape index (κ3) is 3.93. The van der Waals surface area contributed by atoms with Crippen LogP contribution in [0.5, 0.6) is 5.75 Å². The van der Waals surface area contributed by atoms with E-state index in [1.807, 2.05) is 0 Å². The Balaban J connectivity index is 2.10. The van der Waals surface area contributed by atoms with Gasteiger partial charge >= 0.3 is 6.18 Å². The van der Waals surface area contributed by atoms with Crippen molar-refractivity contribution in [1.82, 2.24) is 10.3 Å². The average molecular weight is 388 g/mol. The number of benzene rings is 2. The molecule has 3 aromatic rings. The summed E-state index contributed by atoms with van der Waals surface area (Å²) in [6, 6.07) is 10.6. The van der Waals surface area contributed by atoms with Crippen LogP contribution < -0.4 is 5.32 Å². The number of amides is 1. The lowest BCUT2D eigenvalue weighted by molar-refractivity contribution is -0.137. The first-order chi connectivity index (χ1) is 13.2. The van der Waals surface area contributed by atoms with Gasteiger partial charge in [-0.2, -0.15) is 13.2 Å². The molecule has 1 amide bonds. The number of aromatic hydroxyl groups is 1. The molecule has 0 saturated heterocycles. The van der Waals surface area contributed by atoms with Gasteiger partial charge in [0.25, 0.3) is 0 Å². The molecule has 1 aromatic heterocycles. The van der Waals surface area contributed by atoms with Gasteiger partial charge in [-0.05, 0) is 23.8 Å². The second-order valence-corrected chi connectivity index (χ2v) is 6.79. The van der Waals surface area contributed by atoms with Crippen molar-refractivity contribution in [2.75, 3.05) is 0 Å². The fourth-order valence-corrected chi connectivity index (χ4v) is 2.89. The van der Waals surface area contributed by atoms with Crippen molar-refractivity contribution in [2.24, 2.45) is 5.92 Å². The molecule has 146 valence electrons. The Bertz CT molecular complexity index is 999. The Morgan fingerprint density at radius 3 is 2.36 bits per heavy atom. The highest BCUT2D eigenvalue weighted by atomic mass is 19.4. The highest BCUT2D eigenvalue weighted by Crippen LogP contribution is 2.36. The summed E-state index contributed by atoms with van der Waals surface area (Å²) in [5, 5.41) is 14.2. The topological polar surface area (TPSA) is 62.2 Å². The summed E-state index contributed by atoms with van der Waals surface area (Å²) in [6.07, 6.45) is -2.92. The molecule has 0 radical (unpaired) electrons. The number of nitrogens with one attached hydrogen (secondary N) is 1. The van der Waals surface area contributed by atoms with Crippen LogP contribution in [0.1, 0.15) is 36.6 Å². The monoisotopic (exact) mass is 388 g/mol. The van der Waals surface area contributed by atoms with Crippen molar-refractivity contribution in [1.29, 1.82) is 0 Å². The number of carbonyl (C=O) groups excluding carboxylic acids is 1. The number of alkyl halides is 3. The van der Waals surface area contributed by atoms with Crippen molar-refractivity contribution in [3.8, 4) is 5.75 Å². The lowest BCUT2D eigenvalue weighted by Crippen LogP contribution is -2.32. The number of nitrogens with zero attached hydrogens (tertiary/aromatic N) is 1. The fourth-order valence-electron chi connectivity index (χ4n) is 2.89. The number of pyridine rings is 1. The Hall–Kier alpha value is -3.09. The molecule has 28 heavy (non-hydrogen) atoms. The molecule has 0 saturated carbocycles. The van der Waals surface area contributed by atoms with Gasteiger partial charge in [0.2, 0.25) is 5.91 Å². The molecule has 0 spiro atoms. The molecule has 1 atom stereocenters. The molecule has 0 fully saturated rings. The molecule has 3 rings (SSSR count). The Morgan fingerprint density at radius 2 is 1.75 bits per heavy atom. The van der Waals surface area contributed by atoms with Crippen molar-refractivity contribution in [3.63, 3.8) is 0 Å². The maximum absolute atomic E-state index is 12.9. The number of phenols is 1. The summed E-state index contributed by atoms with van der Waals surface area (Å²) in [4.78, 5) is 16.5. The third-order valence-electron chi connectivity index (χ3n) is 4.47. The molecular formula is C21H19F3N2O2. The summed E-state index contributed by atoms with van der Waals surface area (Å²) in [5.41, 5.74) is 0.359. The van der Waals surface area contributed by atoms with Crippen LogP contribution in [0.25, 0.3) is 10.9 Å². The molecule has 0 aliphatic heterocycles. The molecule has 0 bridgehead atoms. The number of phenolic OH excluding ortho intramolecular Hbond substituents is 1. The minimum absolute atomic E-state index is 0.118. The number of rotatable bonds is 4.